The van der Waals surface area contributed by atoms with Crippen LogP contribution in [-0.2, 0) is 4.74 Å². The van der Waals surface area contributed by atoms with Crippen molar-refractivity contribution in [3.63, 3.8) is 0 Å². The maximum atomic E-state index is 12.2. The number of amides is 1. The second-order valence-corrected chi connectivity index (χ2v) is 6.96. The van der Waals surface area contributed by atoms with Crippen LogP contribution in [0.4, 0.5) is 18.0 Å². The topological polar surface area (TPSA) is 97.2 Å². The molecule has 1 amide bonds. The highest BCUT2D eigenvalue weighted by Gasteiger charge is 2.39. The zero-order valence-electron chi connectivity index (χ0n) is 15.0. The molecular weight excluding hydrogens is 377 g/mol. The lowest BCUT2D eigenvalue weighted by molar-refractivity contribution is -0.124. The Bertz CT molecular complexity index is 998. The summed E-state index contributed by atoms with van der Waals surface area (Å²) >= 11 is 0. The first-order chi connectivity index (χ1) is 13.4. The van der Waals surface area contributed by atoms with Gasteiger partial charge in [0, 0.05) is 12.1 Å². The van der Waals surface area contributed by atoms with Gasteiger partial charge < -0.3 is 15.0 Å². The molecule has 1 fully saturated rings. The second-order valence-electron chi connectivity index (χ2n) is 6.96. The average molecular weight is 396 g/mol. The van der Waals surface area contributed by atoms with Gasteiger partial charge in [0.2, 0.25) is 0 Å². The van der Waals surface area contributed by atoms with Crippen LogP contribution in [0.15, 0.2) is 18.5 Å². The van der Waals surface area contributed by atoms with Crippen molar-refractivity contribution in [2.45, 2.75) is 44.4 Å². The van der Waals surface area contributed by atoms with Gasteiger partial charge in [-0.1, -0.05) is 13.3 Å². The van der Waals surface area contributed by atoms with Crippen LogP contribution in [0.1, 0.15) is 37.9 Å². The Labute approximate surface area is 157 Å². The summed E-state index contributed by atoms with van der Waals surface area (Å²) < 4.78 is 43.9. The predicted octanol–water partition coefficient (Wildman–Crippen LogP) is 3.17. The molecule has 3 aromatic heterocycles. The Morgan fingerprint density at radius 2 is 2.21 bits per heavy atom. The fourth-order valence-electron chi connectivity index (χ4n) is 3.94. The Balaban J connectivity index is 1.54. The minimum Gasteiger partial charge on any atom is -0.446 e. The molecule has 3 aromatic rings. The fraction of sp³-hybridized carbons (Fsp3) is 0.529. The Hall–Kier alpha value is -2.85. The van der Waals surface area contributed by atoms with Crippen LogP contribution in [0, 0.1) is 5.92 Å². The first kappa shape index (κ1) is 18.5. The standard InChI is InChI=1S/C17H19F3N6O2/c1-2-9-5-10(28-16(27)23-8-17(18,19)20)6-11(9)15-25-24-13-7-22-14-12(26(13)15)3-4-21-14/h3-4,7,9-11,21H,2,5-6,8H2,1H3,(H,23,27). The van der Waals surface area contributed by atoms with Crippen LogP contribution in [0.3, 0.4) is 0 Å². The third kappa shape index (κ3) is 3.48. The van der Waals surface area contributed by atoms with Crippen LogP contribution in [0.25, 0.3) is 16.8 Å². The molecule has 1 aliphatic rings. The smallest absolute Gasteiger partial charge is 0.407 e. The number of aromatic amines is 1. The molecule has 0 bridgehead atoms. The fourth-order valence-corrected chi connectivity index (χ4v) is 3.94. The van der Waals surface area contributed by atoms with E-state index in [1.54, 1.807) is 17.7 Å². The summed E-state index contributed by atoms with van der Waals surface area (Å²) in [7, 11) is 0. The second kappa shape index (κ2) is 6.95. The van der Waals surface area contributed by atoms with Crippen LogP contribution in [0.2, 0.25) is 0 Å². The lowest BCUT2D eigenvalue weighted by Crippen LogP contribution is -2.35. The molecule has 0 saturated heterocycles. The number of hydrogen-bond donors (Lipinski definition) is 2. The first-order valence-corrected chi connectivity index (χ1v) is 9.04. The summed E-state index contributed by atoms with van der Waals surface area (Å²) in [6, 6.07) is 1.89. The zero-order chi connectivity index (χ0) is 19.9. The molecule has 3 unspecified atom stereocenters. The van der Waals surface area contributed by atoms with Crippen LogP contribution < -0.4 is 5.32 Å². The van der Waals surface area contributed by atoms with Crippen molar-refractivity contribution in [2.24, 2.45) is 5.92 Å². The van der Waals surface area contributed by atoms with Crippen molar-refractivity contribution in [1.82, 2.24) is 29.9 Å². The third-order valence-electron chi connectivity index (χ3n) is 5.18. The van der Waals surface area contributed by atoms with Gasteiger partial charge in [0.25, 0.3) is 0 Å². The number of carbonyl (C=O) groups excluding carboxylic acids is 1. The van der Waals surface area contributed by atoms with E-state index < -0.39 is 24.9 Å². The molecule has 28 heavy (non-hydrogen) atoms. The number of H-pyrrole nitrogens is 1. The van der Waals surface area contributed by atoms with E-state index in [0.29, 0.717) is 24.1 Å². The SMILES string of the molecule is CCC1CC(OC(=O)NCC(F)(F)F)CC1c1nnc2cnc3[nH]ccc3n12. The maximum Gasteiger partial charge on any atom is 0.407 e. The van der Waals surface area contributed by atoms with Gasteiger partial charge in [0.05, 0.1) is 11.7 Å². The molecule has 0 radical (unpaired) electrons. The van der Waals surface area contributed by atoms with Crippen LogP contribution in [0.5, 0.6) is 0 Å². The van der Waals surface area contributed by atoms with E-state index in [1.165, 1.54) is 0 Å². The summed E-state index contributed by atoms with van der Waals surface area (Å²) in [5.41, 5.74) is 2.17. The number of fused-ring (bicyclic) bond motifs is 3. The molecule has 1 saturated carbocycles. The van der Waals surface area contributed by atoms with E-state index in [2.05, 4.69) is 20.2 Å². The predicted molar refractivity (Wildman–Crippen MR) is 92.7 cm³/mol. The minimum atomic E-state index is -4.47. The van der Waals surface area contributed by atoms with Gasteiger partial charge in [-0.3, -0.25) is 4.40 Å². The summed E-state index contributed by atoms with van der Waals surface area (Å²) in [5.74, 6) is 0.895. The summed E-state index contributed by atoms with van der Waals surface area (Å²) in [6.07, 6.45) is -0.720. The van der Waals surface area contributed by atoms with Crippen molar-refractivity contribution < 1.29 is 22.7 Å². The van der Waals surface area contributed by atoms with Gasteiger partial charge in [-0.05, 0) is 24.8 Å². The molecule has 3 atom stereocenters. The molecule has 3 heterocycles. The highest BCUT2D eigenvalue weighted by molar-refractivity contribution is 5.74. The van der Waals surface area contributed by atoms with E-state index in [-0.39, 0.29) is 11.8 Å². The van der Waals surface area contributed by atoms with Gasteiger partial charge >= 0.3 is 12.3 Å². The molecule has 4 rings (SSSR count). The van der Waals surface area contributed by atoms with Crippen molar-refractivity contribution in [1.29, 1.82) is 0 Å². The number of rotatable bonds is 4. The van der Waals surface area contributed by atoms with Crippen LogP contribution >= 0.6 is 0 Å². The first-order valence-electron chi connectivity index (χ1n) is 9.04. The summed E-state index contributed by atoms with van der Waals surface area (Å²) in [4.78, 5) is 19.1. The average Bonchev–Trinajstić information content (AvgIpc) is 3.35. The summed E-state index contributed by atoms with van der Waals surface area (Å²) in [6.45, 7) is 0.618. The minimum absolute atomic E-state index is 0.0269. The monoisotopic (exact) mass is 396 g/mol. The van der Waals surface area contributed by atoms with Gasteiger partial charge in [-0.2, -0.15) is 13.2 Å². The Morgan fingerprint density at radius 3 is 2.96 bits per heavy atom. The van der Waals surface area contributed by atoms with E-state index in [0.717, 1.165) is 17.8 Å². The largest absolute Gasteiger partial charge is 0.446 e. The quantitative estimate of drug-likeness (QED) is 0.706. The third-order valence-corrected chi connectivity index (χ3v) is 5.18. The molecule has 2 N–H and O–H groups in total. The lowest BCUT2D eigenvalue weighted by atomic mass is 9.93. The van der Waals surface area contributed by atoms with Gasteiger partial charge in [0.15, 0.2) is 11.3 Å². The number of nitrogens with one attached hydrogen (secondary N) is 2. The number of alkyl halides is 3. The molecular formula is C17H19F3N6O2. The number of ether oxygens (including phenoxy) is 1. The summed E-state index contributed by atoms with van der Waals surface area (Å²) in [5, 5.41) is 10.3. The number of aromatic nitrogens is 5. The van der Waals surface area contributed by atoms with Gasteiger partial charge in [0.1, 0.15) is 18.5 Å². The number of nitrogens with zero attached hydrogens (tertiary/aromatic N) is 4. The van der Waals surface area contributed by atoms with E-state index in [4.69, 9.17) is 4.74 Å². The van der Waals surface area contributed by atoms with Crippen molar-refractivity contribution in [2.75, 3.05) is 6.54 Å². The zero-order valence-corrected chi connectivity index (χ0v) is 15.0. The number of alkyl carbamates (subject to hydrolysis) is 1. The van der Waals surface area contributed by atoms with E-state index >= 15 is 0 Å². The maximum absolute atomic E-state index is 12.2. The number of hydrogen-bond acceptors (Lipinski definition) is 5. The molecule has 0 aromatic carbocycles. The number of carbonyl (C=O) groups is 1. The molecule has 1 aliphatic carbocycles. The molecule has 11 heteroatoms. The molecule has 8 nitrogen and oxygen atoms in total. The normalized spacial score (nSPS) is 22.8. The molecule has 0 spiro atoms. The van der Waals surface area contributed by atoms with Crippen molar-refractivity contribution in [3.05, 3.63) is 24.3 Å². The molecule has 150 valence electrons. The van der Waals surface area contributed by atoms with Crippen molar-refractivity contribution in [3.8, 4) is 0 Å². The van der Waals surface area contributed by atoms with E-state index in [1.807, 2.05) is 17.4 Å². The van der Waals surface area contributed by atoms with Gasteiger partial charge in [-0.25, -0.2) is 9.78 Å². The number of halogens is 3. The van der Waals surface area contributed by atoms with Gasteiger partial charge in [-0.15, -0.1) is 10.2 Å². The highest BCUT2D eigenvalue weighted by Crippen LogP contribution is 2.42. The van der Waals surface area contributed by atoms with E-state index in [9.17, 15) is 18.0 Å². The van der Waals surface area contributed by atoms with Crippen molar-refractivity contribution >= 4 is 22.9 Å². The Morgan fingerprint density at radius 1 is 1.39 bits per heavy atom. The van der Waals surface area contributed by atoms with Crippen LogP contribution in [-0.4, -0.2) is 49.5 Å². The Kier molecular flexibility index (Phi) is 4.60. The highest BCUT2D eigenvalue weighted by atomic mass is 19.4. The molecule has 0 aliphatic heterocycles. The lowest BCUT2D eigenvalue weighted by Gasteiger charge is -2.15.